The molecule has 1 N–H and O–H groups in total. The molecule has 130 valence electrons. The molecule has 0 aromatic heterocycles. The Morgan fingerprint density at radius 3 is 2.40 bits per heavy atom. The zero-order valence-electron chi connectivity index (χ0n) is 14.1. The molecule has 25 heavy (non-hydrogen) atoms. The largest absolute Gasteiger partial charge is 0.273 e. The van der Waals surface area contributed by atoms with E-state index in [1.165, 1.54) is 12.1 Å². The van der Waals surface area contributed by atoms with Gasteiger partial charge in [0.25, 0.3) is 5.69 Å². The molecular weight excluding hydrogens is 318 g/mol. The van der Waals surface area contributed by atoms with Crippen LogP contribution in [0.25, 0.3) is 0 Å². The highest BCUT2D eigenvalue weighted by Crippen LogP contribution is 2.12. The van der Waals surface area contributed by atoms with E-state index < -0.39 is 4.92 Å². The zero-order chi connectivity index (χ0) is 18.1. The van der Waals surface area contributed by atoms with E-state index in [0.717, 1.165) is 30.5 Å². The number of non-ortho nitro benzene ring substituents is 1. The van der Waals surface area contributed by atoms with Crippen molar-refractivity contribution in [3.05, 3.63) is 75.8 Å². The van der Waals surface area contributed by atoms with Gasteiger partial charge < -0.3 is 0 Å². The number of hydrogen-bond donors (Lipinski definition) is 1. The van der Waals surface area contributed by atoms with Crippen LogP contribution in [0.15, 0.2) is 59.7 Å². The third-order valence-electron chi connectivity index (χ3n) is 3.70. The van der Waals surface area contributed by atoms with Crippen LogP contribution in [-0.2, 0) is 11.2 Å². The highest BCUT2D eigenvalue weighted by Gasteiger charge is 2.08. The summed E-state index contributed by atoms with van der Waals surface area (Å²) in [5.74, 6) is -0.251. The summed E-state index contributed by atoms with van der Waals surface area (Å²) in [4.78, 5) is 22.3. The van der Waals surface area contributed by atoms with E-state index in [1.54, 1.807) is 12.1 Å². The number of rotatable bonds is 8. The molecule has 2 rings (SSSR count). The number of nitro groups is 1. The number of hydrogen-bond acceptors (Lipinski definition) is 4. The average Bonchev–Trinajstić information content (AvgIpc) is 2.63. The fourth-order valence-corrected chi connectivity index (χ4v) is 2.33. The molecular formula is C19H21N3O3. The molecule has 0 heterocycles. The first-order chi connectivity index (χ1) is 12.1. The van der Waals surface area contributed by atoms with E-state index in [9.17, 15) is 14.9 Å². The Bertz CT molecular complexity index is 740. The van der Waals surface area contributed by atoms with Crippen molar-refractivity contribution in [1.82, 2.24) is 5.43 Å². The quantitative estimate of drug-likeness (QED) is 0.450. The standard InChI is InChI=1S/C19H21N3O3/c1-2-3-9-18(16-7-5-4-6-8-16)20-21-19(23)14-15-10-12-17(13-11-15)22(24)25/h4-8,10-13H,2-3,9,14H2,1H3,(H,21,23)/b20-18+. The Balaban J connectivity index is 2.01. The lowest BCUT2D eigenvalue weighted by Gasteiger charge is -2.07. The molecule has 0 fully saturated rings. The Morgan fingerprint density at radius 1 is 1.12 bits per heavy atom. The third kappa shape index (κ3) is 5.84. The Labute approximate surface area is 146 Å². The first-order valence-electron chi connectivity index (χ1n) is 8.24. The minimum Gasteiger partial charge on any atom is -0.273 e. The van der Waals surface area contributed by atoms with Crippen molar-refractivity contribution < 1.29 is 9.72 Å². The zero-order valence-corrected chi connectivity index (χ0v) is 14.1. The predicted octanol–water partition coefficient (Wildman–Crippen LogP) is 3.85. The molecule has 0 spiro atoms. The van der Waals surface area contributed by atoms with Gasteiger partial charge in [-0.1, -0.05) is 55.8 Å². The number of hydrazone groups is 1. The van der Waals surface area contributed by atoms with Crippen LogP contribution in [0.3, 0.4) is 0 Å². The summed E-state index contributed by atoms with van der Waals surface area (Å²) in [5, 5.41) is 14.9. The topological polar surface area (TPSA) is 84.6 Å². The van der Waals surface area contributed by atoms with Crippen LogP contribution in [-0.4, -0.2) is 16.5 Å². The van der Waals surface area contributed by atoms with Gasteiger partial charge in [-0.05, 0) is 24.0 Å². The number of unbranched alkanes of at least 4 members (excludes halogenated alkanes) is 1. The summed E-state index contributed by atoms with van der Waals surface area (Å²) in [6.07, 6.45) is 2.95. The van der Waals surface area contributed by atoms with Gasteiger partial charge in [0.1, 0.15) is 0 Å². The molecule has 0 unspecified atom stereocenters. The smallest absolute Gasteiger partial charge is 0.269 e. The van der Waals surface area contributed by atoms with Crippen molar-refractivity contribution in [2.45, 2.75) is 32.6 Å². The maximum atomic E-state index is 12.1. The molecule has 0 aliphatic rings. The number of nitrogens with one attached hydrogen (secondary N) is 1. The molecule has 2 aromatic carbocycles. The fraction of sp³-hybridized carbons (Fsp3) is 0.263. The van der Waals surface area contributed by atoms with Gasteiger partial charge in [0.2, 0.25) is 5.91 Å². The number of nitrogens with zero attached hydrogens (tertiary/aromatic N) is 2. The van der Waals surface area contributed by atoms with Crippen molar-refractivity contribution in [1.29, 1.82) is 0 Å². The Hall–Kier alpha value is -3.02. The predicted molar refractivity (Wildman–Crippen MR) is 97.4 cm³/mol. The minimum atomic E-state index is -0.464. The normalized spacial score (nSPS) is 11.2. The maximum Gasteiger partial charge on any atom is 0.269 e. The summed E-state index contributed by atoms with van der Waals surface area (Å²) in [5.41, 5.74) is 5.14. The van der Waals surface area contributed by atoms with Crippen LogP contribution in [0.4, 0.5) is 5.69 Å². The number of carbonyl (C=O) groups is 1. The number of nitro benzene ring substituents is 1. The second-order valence-electron chi connectivity index (χ2n) is 5.66. The molecule has 0 aliphatic carbocycles. The SMILES string of the molecule is CCCC/C(=N\NC(=O)Cc1ccc([N+](=O)[O-])cc1)c1ccccc1. The molecule has 0 radical (unpaired) electrons. The van der Waals surface area contributed by atoms with E-state index in [0.29, 0.717) is 5.56 Å². The molecule has 1 amide bonds. The molecule has 0 atom stereocenters. The van der Waals surface area contributed by atoms with Gasteiger partial charge in [-0.25, -0.2) is 5.43 Å². The monoisotopic (exact) mass is 339 g/mol. The van der Waals surface area contributed by atoms with Crippen LogP contribution < -0.4 is 5.43 Å². The second kappa shape index (κ2) is 9.32. The molecule has 0 saturated heterocycles. The van der Waals surface area contributed by atoms with E-state index in [1.807, 2.05) is 30.3 Å². The third-order valence-corrected chi connectivity index (χ3v) is 3.70. The Morgan fingerprint density at radius 2 is 1.80 bits per heavy atom. The summed E-state index contributed by atoms with van der Waals surface area (Å²) >= 11 is 0. The number of carbonyl (C=O) groups excluding carboxylic acids is 1. The van der Waals surface area contributed by atoms with E-state index in [4.69, 9.17) is 0 Å². The van der Waals surface area contributed by atoms with Crippen LogP contribution in [0, 0.1) is 10.1 Å². The summed E-state index contributed by atoms with van der Waals surface area (Å²) < 4.78 is 0. The van der Waals surface area contributed by atoms with Crippen molar-refractivity contribution in [3.8, 4) is 0 Å². The van der Waals surface area contributed by atoms with E-state index in [-0.39, 0.29) is 18.0 Å². The first kappa shape index (κ1) is 18.3. The molecule has 6 heteroatoms. The second-order valence-corrected chi connectivity index (χ2v) is 5.66. The van der Waals surface area contributed by atoms with Crippen LogP contribution >= 0.6 is 0 Å². The Kier molecular flexibility index (Phi) is 6.83. The number of amides is 1. The molecule has 2 aromatic rings. The first-order valence-corrected chi connectivity index (χ1v) is 8.24. The fourth-order valence-electron chi connectivity index (χ4n) is 2.33. The highest BCUT2D eigenvalue weighted by molar-refractivity contribution is 6.01. The van der Waals surface area contributed by atoms with Gasteiger partial charge >= 0.3 is 0 Å². The van der Waals surface area contributed by atoms with Crippen molar-refractivity contribution in [2.24, 2.45) is 5.10 Å². The van der Waals surface area contributed by atoms with E-state index >= 15 is 0 Å². The molecule has 0 bridgehead atoms. The molecule has 0 aliphatic heterocycles. The highest BCUT2D eigenvalue weighted by atomic mass is 16.6. The minimum absolute atomic E-state index is 0.00751. The molecule has 6 nitrogen and oxygen atoms in total. The summed E-state index contributed by atoms with van der Waals surface area (Å²) in [7, 11) is 0. The van der Waals surface area contributed by atoms with Gasteiger partial charge in [-0.15, -0.1) is 0 Å². The lowest BCUT2D eigenvalue weighted by Crippen LogP contribution is -2.22. The van der Waals surface area contributed by atoms with Crippen molar-refractivity contribution >= 4 is 17.3 Å². The van der Waals surface area contributed by atoms with Gasteiger partial charge in [-0.3, -0.25) is 14.9 Å². The van der Waals surface area contributed by atoms with Gasteiger partial charge in [0, 0.05) is 12.1 Å². The van der Waals surface area contributed by atoms with Gasteiger partial charge in [0.05, 0.1) is 17.1 Å². The molecule has 0 saturated carbocycles. The number of benzene rings is 2. The van der Waals surface area contributed by atoms with Crippen molar-refractivity contribution in [3.63, 3.8) is 0 Å². The maximum absolute atomic E-state index is 12.1. The summed E-state index contributed by atoms with van der Waals surface area (Å²) in [6, 6.07) is 15.7. The van der Waals surface area contributed by atoms with Gasteiger partial charge in [-0.2, -0.15) is 5.10 Å². The van der Waals surface area contributed by atoms with Crippen LogP contribution in [0.5, 0.6) is 0 Å². The lowest BCUT2D eigenvalue weighted by atomic mass is 10.1. The lowest BCUT2D eigenvalue weighted by molar-refractivity contribution is -0.384. The van der Waals surface area contributed by atoms with Crippen LogP contribution in [0.2, 0.25) is 0 Å². The summed E-state index contributed by atoms with van der Waals surface area (Å²) in [6.45, 7) is 2.11. The average molecular weight is 339 g/mol. The van der Waals surface area contributed by atoms with Crippen molar-refractivity contribution in [2.75, 3.05) is 0 Å². The van der Waals surface area contributed by atoms with Gasteiger partial charge in [0.15, 0.2) is 0 Å². The van der Waals surface area contributed by atoms with Crippen LogP contribution in [0.1, 0.15) is 37.3 Å². The van der Waals surface area contributed by atoms with E-state index in [2.05, 4.69) is 17.5 Å².